The standard InChI is InChI=1S/C11H18O3S/c1-4-11(9(12)13-5-2)10(14-11)6-8(7-10)15-3/h8H,4-7H2,1-3H3. The van der Waals surface area contributed by atoms with E-state index in [1.54, 1.807) is 0 Å². The highest BCUT2D eigenvalue weighted by atomic mass is 32.2. The molecule has 1 atom stereocenters. The molecule has 2 aliphatic rings. The zero-order chi connectivity index (χ0) is 11.1. The first kappa shape index (κ1) is 11.3. The summed E-state index contributed by atoms with van der Waals surface area (Å²) < 4.78 is 10.8. The second-order valence-electron chi connectivity index (χ2n) is 4.26. The molecule has 2 fully saturated rings. The number of rotatable bonds is 4. The fourth-order valence-electron chi connectivity index (χ4n) is 2.58. The van der Waals surface area contributed by atoms with Crippen LogP contribution in [0.1, 0.15) is 33.1 Å². The monoisotopic (exact) mass is 230 g/mol. The number of hydrogen-bond donors (Lipinski definition) is 0. The van der Waals surface area contributed by atoms with Crippen LogP contribution in [0.3, 0.4) is 0 Å². The predicted molar refractivity (Wildman–Crippen MR) is 60.0 cm³/mol. The van der Waals surface area contributed by atoms with Gasteiger partial charge < -0.3 is 9.47 Å². The van der Waals surface area contributed by atoms with E-state index < -0.39 is 5.60 Å². The number of thioether (sulfide) groups is 1. The van der Waals surface area contributed by atoms with Gasteiger partial charge in [-0.05, 0) is 32.4 Å². The van der Waals surface area contributed by atoms with Crippen molar-refractivity contribution in [3.63, 3.8) is 0 Å². The topological polar surface area (TPSA) is 38.8 Å². The van der Waals surface area contributed by atoms with Gasteiger partial charge in [0.15, 0.2) is 5.60 Å². The Hall–Kier alpha value is -0.220. The molecule has 0 bridgehead atoms. The third kappa shape index (κ3) is 1.41. The molecule has 0 aromatic carbocycles. The molecule has 1 aliphatic carbocycles. The van der Waals surface area contributed by atoms with Gasteiger partial charge in [-0.1, -0.05) is 6.92 Å². The Morgan fingerprint density at radius 3 is 2.67 bits per heavy atom. The fraction of sp³-hybridized carbons (Fsp3) is 0.909. The summed E-state index contributed by atoms with van der Waals surface area (Å²) in [5, 5.41) is 0.660. The molecule has 4 heteroatoms. The van der Waals surface area contributed by atoms with Crippen LogP contribution in [0.5, 0.6) is 0 Å². The normalized spacial score (nSPS) is 42.5. The Balaban J connectivity index is 2.00. The van der Waals surface area contributed by atoms with Gasteiger partial charge in [-0.25, -0.2) is 4.79 Å². The molecular weight excluding hydrogens is 212 g/mol. The van der Waals surface area contributed by atoms with Crippen molar-refractivity contribution in [2.24, 2.45) is 0 Å². The van der Waals surface area contributed by atoms with E-state index in [1.807, 2.05) is 25.6 Å². The largest absolute Gasteiger partial charge is 0.464 e. The molecule has 1 spiro atoms. The van der Waals surface area contributed by atoms with Crippen molar-refractivity contribution >= 4 is 17.7 Å². The van der Waals surface area contributed by atoms with Crippen LogP contribution >= 0.6 is 11.8 Å². The van der Waals surface area contributed by atoms with E-state index in [-0.39, 0.29) is 11.6 Å². The lowest BCUT2D eigenvalue weighted by Crippen LogP contribution is -2.45. The summed E-state index contributed by atoms with van der Waals surface area (Å²) in [6, 6.07) is 0. The molecule has 0 N–H and O–H groups in total. The fourth-order valence-corrected chi connectivity index (χ4v) is 3.45. The lowest BCUT2D eigenvalue weighted by Gasteiger charge is -2.33. The molecule has 2 rings (SSSR count). The van der Waals surface area contributed by atoms with Crippen molar-refractivity contribution < 1.29 is 14.3 Å². The summed E-state index contributed by atoms with van der Waals surface area (Å²) in [7, 11) is 0. The van der Waals surface area contributed by atoms with Gasteiger partial charge in [-0.3, -0.25) is 0 Å². The third-order valence-electron chi connectivity index (χ3n) is 3.62. The highest BCUT2D eigenvalue weighted by molar-refractivity contribution is 7.99. The molecule has 0 aromatic heterocycles. The van der Waals surface area contributed by atoms with Gasteiger partial charge in [-0.2, -0.15) is 11.8 Å². The first-order valence-electron chi connectivity index (χ1n) is 5.54. The lowest BCUT2D eigenvalue weighted by atomic mass is 9.74. The smallest absolute Gasteiger partial charge is 0.341 e. The zero-order valence-corrected chi connectivity index (χ0v) is 10.4. The molecule has 0 amide bonds. The van der Waals surface area contributed by atoms with Crippen LogP contribution < -0.4 is 0 Å². The van der Waals surface area contributed by atoms with Gasteiger partial charge in [0.2, 0.25) is 0 Å². The summed E-state index contributed by atoms with van der Waals surface area (Å²) in [5.41, 5.74) is -0.767. The minimum atomic E-state index is -0.602. The average Bonchev–Trinajstić information content (AvgIpc) is 2.86. The molecule has 86 valence electrons. The Morgan fingerprint density at radius 1 is 1.53 bits per heavy atom. The first-order valence-corrected chi connectivity index (χ1v) is 6.83. The predicted octanol–water partition coefficient (Wildman–Crippen LogP) is 1.99. The van der Waals surface area contributed by atoms with Gasteiger partial charge in [0.05, 0.1) is 6.61 Å². The van der Waals surface area contributed by atoms with Crippen molar-refractivity contribution in [2.45, 2.75) is 49.6 Å². The van der Waals surface area contributed by atoms with Gasteiger partial charge in [0.1, 0.15) is 5.60 Å². The van der Waals surface area contributed by atoms with E-state index in [0.717, 1.165) is 19.3 Å². The quantitative estimate of drug-likeness (QED) is 0.547. The molecule has 0 aromatic rings. The number of carbonyl (C=O) groups is 1. The van der Waals surface area contributed by atoms with Crippen LogP contribution in [-0.2, 0) is 14.3 Å². The Morgan fingerprint density at radius 2 is 2.20 bits per heavy atom. The maximum absolute atomic E-state index is 11.8. The van der Waals surface area contributed by atoms with E-state index in [4.69, 9.17) is 9.47 Å². The van der Waals surface area contributed by atoms with E-state index in [9.17, 15) is 4.79 Å². The van der Waals surface area contributed by atoms with Crippen LogP contribution in [0.2, 0.25) is 0 Å². The molecule has 1 unspecified atom stereocenters. The summed E-state index contributed by atoms with van der Waals surface area (Å²) in [4.78, 5) is 11.8. The molecule has 1 heterocycles. The number of ether oxygens (including phenoxy) is 2. The second-order valence-corrected chi connectivity index (χ2v) is 5.40. The van der Waals surface area contributed by atoms with Crippen LogP contribution in [0.4, 0.5) is 0 Å². The summed E-state index contributed by atoms with van der Waals surface area (Å²) in [6.07, 6.45) is 4.84. The van der Waals surface area contributed by atoms with Crippen molar-refractivity contribution in [1.29, 1.82) is 0 Å². The van der Waals surface area contributed by atoms with Crippen LogP contribution in [-0.4, -0.2) is 35.3 Å². The molecule has 1 saturated heterocycles. The van der Waals surface area contributed by atoms with Crippen LogP contribution in [0, 0.1) is 0 Å². The minimum absolute atomic E-state index is 0.160. The minimum Gasteiger partial charge on any atom is -0.464 e. The molecule has 1 saturated carbocycles. The van der Waals surface area contributed by atoms with Crippen LogP contribution in [0.15, 0.2) is 0 Å². The van der Waals surface area contributed by atoms with E-state index in [1.165, 1.54) is 0 Å². The molecular formula is C11H18O3S. The number of esters is 1. The van der Waals surface area contributed by atoms with Gasteiger partial charge in [-0.15, -0.1) is 0 Å². The van der Waals surface area contributed by atoms with Gasteiger partial charge >= 0.3 is 5.97 Å². The Kier molecular flexibility index (Phi) is 2.75. The van der Waals surface area contributed by atoms with Crippen molar-refractivity contribution in [2.75, 3.05) is 12.9 Å². The molecule has 15 heavy (non-hydrogen) atoms. The highest BCUT2D eigenvalue weighted by Crippen LogP contribution is 2.64. The number of epoxide rings is 1. The molecule has 3 nitrogen and oxygen atoms in total. The van der Waals surface area contributed by atoms with Gasteiger partial charge in [0.25, 0.3) is 0 Å². The summed E-state index contributed by atoms with van der Waals surface area (Å²) in [5.74, 6) is -0.160. The number of hydrogen-bond acceptors (Lipinski definition) is 4. The first-order chi connectivity index (χ1) is 7.14. The number of carbonyl (C=O) groups excluding carboxylic acids is 1. The average molecular weight is 230 g/mol. The van der Waals surface area contributed by atoms with E-state index >= 15 is 0 Å². The lowest BCUT2D eigenvalue weighted by molar-refractivity contribution is -0.149. The van der Waals surface area contributed by atoms with E-state index in [0.29, 0.717) is 11.9 Å². The maximum atomic E-state index is 11.8. The molecule has 0 radical (unpaired) electrons. The zero-order valence-electron chi connectivity index (χ0n) is 9.54. The van der Waals surface area contributed by atoms with Crippen molar-refractivity contribution in [1.82, 2.24) is 0 Å². The maximum Gasteiger partial charge on any atom is 0.341 e. The Bertz CT molecular complexity index is 273. The van der Waals surface area contributed by atoms with Crippen LogP contribution in [0.25, 0.3) is 0 Å². The van der Waals surface area contributed by atoms with E-state index in [2.05, 4.69) is 6.26 Å². The Labute approximate surface area is 94.9 Å². The van der Waals surface area contributed by atoms with Gasteiger partial charge in [0, 0.05) is 5.25 Å². The SMILES string of the molecule is CCOC(=O)C1(CC)OC12CC(SC)C2. The summed E-state index contributed by atoms with van der Waals surface area (Å²) in [6.45, 7) is 4.27. The van der Waals surface area contributed by atoms with Crippen molar-refractivity contribution in [3.8, 4) is 0 Å². The highest BCUT2D eigenvalue weighted by Gasteiger charge is 2.78. The molecule has 1 aliphatic heterocycles. The van der Waals surface area contributed by atoms with Crippen molar-refractivity contribution in [3.05, 3.63) is 0 Å². The summed E-state index contributed by atoms with van der Waals surface area (Å²) >= 11 is 1.86. The third-order valence-corrected chi connectivity index (χ3v) is 4.62. The second kappa shape index (κ2) is 3.67.